The lowest BCUT2D eigenvalue weighted by Crippen LogP contribution is -2.54. The van der Waals surface area contributed by atoms with Crippen LogP contribution in [-0.2, 0) is 19.2 Å². The zero-order chi connectivity index (χ0) is 20.9. The molecule has 6 heteroatoms. The molecule has 2 bridgehead atoms. The van der Waals surface area contributed by atoms with Gasteiger partial charge in [-0.1, -0.05) is 72.1 Å². The van der Waals surface area contributed by atoms with Crippen LogP contribution in [0.25, 0.3) is 0 Å². The standard InChI is InChI=1S/C22H34ClNO4/c1-4-5-6-7-8-9-10-11-12-16(19(23)27)24-20(28)22-14-13-15(21(22,2)3)17(25)18(22)26/h15-16H,4-14H2,1-3H3,(H,24,28). The number of nitrogens with one attached hydrogen (secondary N) is 1. The first-order chi connectivity index (χ1) is 13.2. The van der Waals surface area contributed by atoms with Gasteiger partial charge in [-0.2, -0.15) is 0 Å². The molecule has 0 radical (unpaired) electrons. The third kappa shape index (κ3) is 4.19. The van der Waals surface area contributed by atoms with E-state index in [4.69, 9.17) is 11.6 Å². The molecule has 0 aromatic rings. The highest BCUT2D eigenvalue weighted by Crippen LogP contribution is 2.62. The molecular weight excluding hydrogens is 378 g/mol. The highest BCUT2D eigenvalue weighted by Gasteiger charge is 2.72. The van der Waals surface area contributed by atoms with Gasteiger partial charge in [0.05, 0.1) is 0 Å². The van der Waals surface area contributed by atoms with Crippen molar-refractivity contribution in [3.8, 4) is 0 Å². The molecule has 0 spiro atoms. The quantitative estimate of drug-likeness (QED) is 0.224. The monoisotopic (exact) mass is 411 g/mol. The maximum atomic E-state index is 13.1. The normalized spacial score (nSPS) is 26.5. The van der Waals surface area contributed by atoms with Crippen molar-refractivity contribution >= 4 is 34.3 Å². The Morgan fingerprint density at radius 2 is 1.64 bits per heavy atom. The molecule has 5 nitrogen and oxygen atoms in total. The summed E-state index contributed by atoms with van der Waals surface area (Å²) in [4.78, 5) is 49.7. The number of halogens is 1. The fraction of sp³-hybridized carbons (Fsp3) is 0.818. The molecule has 0 aromatic carbocycles. The second-order valence-electron chi connectivity index (χ2n) is 9.01. The molecule has 28 heavy (non-hydrogen) atoms. The first-order valence-electron chi connectivity index (χ1n) is 10.8. The van der Waals surface area contributed by atoms with E-state index in [1.165, 1.54) is 32.1 Å². The van der Waals surface area contributed by atoms with Gasteiger partial charge in [0.1, 0.15) is 11.5 Å². The molecule has 2 fully saturated rings. The van der Waals surface area contributed by atoms with Gasteiger partial charge in [0.25, 0.3) is 0 Å². The Kier molecular flexibility index (Phi) is 7.83. The average Bonchev–Trinajstić information content (AvgIpc) is 2.99. The van der Waals surface area contributed by atoms with Gasteiger partial charge in [0.2, 0.25) is 22.7 Å². The predicted molar refractivity (Wildman–Crippen MR) is 109 cm³/mol. The van der Waals surface area contributed by atoms with Crippen molar-refractivity contribution < 1.29 is 19.2 Å². The maximum Gasteiger partial charge on any atom is 0.243 e. The minimum Gasteiger partial charge on any atom is -0.344 e. The molecule has 0 aromatic heterocycles. The molecule has 2 rings (SSSR count). The Balaban J connectivity index is 1.89. The van der Waals surface area contributed by atoms with Crippen LogP contribution < -0.4 is 5.32 Å². The zero-order valence-corrected chi connectivity index (χ0v) is 18.2. The average molecular weight is 412 g/mol. The van der Waals surface area contributed by atoms with Crippen molar-refractivity contribution in [3.05, 3.63) is 0 Å². The van der Waals surface area contributed by atoms with Crippen LogP contribution in [0.15, 0.2) is 0 Å². The SMILES string of the molecule is CCCCCCCCCCC(NC(=O)C12CCC(C(=O)C1=O)C2(C)C)C(=O)Cl. The number of fused-ring (bicyclic) bond motifs is 2. The second kappa shape index (κ2) is 9.51. The summed E-state index contributed by atoms with van der Waals surface area (Å²) in [5, 5.41) is 2.09. The van der Waals surface area contributed by atoms with E-state index >= 15 is 0 Å². The van der Waals surface area contributed by atoms with E-state index in [2.05, 4.69) is 12.2 Å². The van der Waals surface area contributed by atoms with Gasteiger partial charge in [-0.05, 0) is 36.3 Å². The van der Waals surface area contributed by atoms with Gasteiger partial charge in [0.15, 0.2) is 0 Å². The molecule has 0 aliphatic heterocycles. The minimum atomic E-state index is -1.35. The first-order valence-corrected chi connectivity index (χ1v) is 11.2. The fourth-order valence-corrected chi connectivity index (χ4v) is 5.25. The van der Waals surface area contributed by atoms with Gasteiger partial charge in [0, 0.05) is 5.92 Å². The van der Waals surface area contributed by atoms with Crippen LogP contribution in [0.4, 0.5) is 0 Å². The molecule has 0 heterocycles. The van der Waals surface area contributed by atoms with Crippen molar-refractivity contribution in [2.75, 3.05) is 0 Å². The van der Waals surface area contributed by atoms with Crippen LogP contribution in [0.2, 0.25) is 0 Å². The Morgan fingerprint density at radius 3 is 2.14 bits per heavy atom. The lowest BCUT2D eigenvalue weighted by Gasteiger charge is -2.34. The van der Waals surface area contributed by atoms with Gasteiger partial charge in [-0.25, -0.2) is 0 Å². The lowest BCUT2D eigenvalue weighted by atomic mass is 9.68. The van der Waals surface area contributed by atoms with Crippen molar-refractivity contribution in [1.82, 2.24) is 5.32 Å². The molecule has 1 N–H and O–H groups in total. The number of carbonyl (C=O) groups is 4. The Hall–Kier alpha value is -1.23. The third-order valence-corrected chi connectivity index (χ3v) is 7.28. The number of Topliss-reactive ketones (excluding diaryl/α,β-unsaturated/α-hetero) is 2. The van der Waals surface area contributed by atoms with Crippen molar-refractivity contribution in [3.63, 3.8) is 0 Å². The third-order valence-electron chi connectivity index (χ3n) is 7.02. The van der Waals surface area contributed by atoms with E-state index in [0.717, 1.165) is 19.3 Å². The fourth-order valence-electron chi connectivity index (χ4n) is 5.09. The number of carbonyl (C=O) groups excluding carboxylic acids is 4. The number of ketones is 2. The maximum absolute atomic E-state index is 13.1. The van der Waals surface area contributed by atoms with E-state index < -0.39 is 45.5 Å². The van der Waals surface area contributed by atoms with Gasteiger partial charge < -0.3 is 5.32 Å². The summed E-state index contributed by atoms with van der Waals surface area (Å²) >= 11 is 5.72. The molecule has 2 saturated carbocycles. The van der Waals surface area contributed by atoms with E-state index in [-0.39, 0.29) is 0 Å². The smallest absolute Gasteiger partial charge is 0.243 e. The van der Waals surface area contributed by atoms with Crippen LogP contribution in [0.3, 0.4) is 0 Å². The van der Waals surface area contributed by atoms with Crippen LogP contribution in [0.5, 0.6) is 0 Å². The summed E-state index contributed by atoms with van der Waals surface area (Å²) in [7, 11) is 0. The van der Waals surface area contributed by atoms with Crippen LogP contribution in [-0.4, -0.2) is 28.8 Å². The largest absolute Gasteiger partial charge is 0.344 e. The number of amides is 1. The van der Waals surface area contributed by atoms with Crippen molar-refractivity contribution in [1.29, 1.82) is 0 Å². The van der Waals surface area contributed by atoms with E-state index in [0.29, 0.717) is 19.3 Å². The molecule has 1 amide bonds. The summed E-state index contributed by atoms with van der Waals surface area (Å²) in [6, 6.07) is -0.804. The van der Waals surface area contributed by atoms with Gasteiger partial charge >= 0.3 is 0 Å². The Bertz CT molecular complexity index is 630. The lowest BCUT2D eigenvalue weighted by molar-refractivity contribution is -0.150. The van der Waals surface area contributed by atoms with Gasteiger partial charge in [-0.3, -0.25) is 19.2 Å². The predicted octanol–water partition coefficient (Wildman–Crippen LogP) is 4.34. The van der Waals surface area contributed by atoms with E-state index in [1.807, 2.05) is 13.8 Å². The summed E-state index contributed by atoms with van der Waals surface area (Å²) in [6.45, 7) is 5.81. The molecule has 3 atom stereocenters. The van der Waals surface area contributed by atoms with Gasteiger partial charge in [-0.15, -0.1) is 0 Å². The summed E-state index contributed by atoms with van der Waals surface area (Å²) in [6.07, 6.45) is 10.4. The molecule has 0 saturated heterocycles. The Labute approximate surface area is 173 Å². The molecule has 2 aliphatic rings. The topological polar surface area (TPSA) is 80.3 Å². The van der Waals surface area contributed by atoms with E-state index in [9.17, 15) is 19.2 Å². The molecule has 3 unspecified atom stereocenters. The molecule has 158 valence electrons. The first kappa shape index (κ1) is 23.1. The van der Waals surface area contributed by atoms with Crippen LogP contribution >= 0.6 is 11.6 Å². The van der Waals surface area contributed by atoms with E-state index in [1.54, 1.807) is 0 Å². The minimum absolute atomic E-state index is 0.363. The number of hydrogen-bond acceptors (Lipinski definition) is 4. The zero-order valence-electron chi connectivity index (χ0n) is 17.4. The summed E-state index contributed by atoms with van der Waals surface area (Å²) < 4.78 is 0. The van der Waals surface area contributed by atoms with Crippen molar-refractivity contribution in [2.24, 2.45) is 16.7 Å². The van der Waals surface area contributed by atoms with Crippen LogP contribution in [0, 0.1) is 16.7 Å². The highest BCUT2D eigenvalue weighted by molar-refractivity contribution is 6.64. The van der Waals surface area contributed by atoms with Crippen molar-refractivity contribution in [2.45, 2.75) is 97.4 Å². The number of rotatable bonds is 12. The molecular formula is C22H34ClNO4. The summed E-state index contributed by atoms with van der Waals surface area (Å²) in [5.74, 6) is -1.94. The summed E-state index contributed by atoms with van der Waals surface area (Å²) in [5.41, 5.74) is -2.07. The Morgan fingerprint density at radius 1 is 1.07 bits per heavy atom. The number of unbranched alkanes of at least 4 members (excludes halogenated alkanes) is 7. The molecule has 2 aliphatic carbocycles. The second-order valence-corrected chi connectivity index (χ2v) is 9.38. The highest BCUT2D eigenvalue weighted by atomic mass is 35.5. The number of hydrogen-bond donors (Lipinski definition) is 1. The van der Waals surface area contributed by atoms with Crippen LogP contribution in [0.1, 0.15) is 91.4 Å².